The quantitative estimate of drug-likeness (QED) is 0.679. The van der Waals surface area contributed by atoms with Crippen molar-refractivity contribution in [3.8, 4) is 0 Å². The molecular weight excluding hydrogens is 316 g/mol. The first kappa shape index (κ1) is 17.9. The molecule has 1 unspecified atom stereocenters. The van der Waals surface area contributed by atoms with Gasteiger partial charge in [0.2, 0.25) is 0 Å². The molecule has 4 aliphatic carbocycles. The van der Waals surface area contributed by atoms with Crippen LogP contribution in [0.2, 0.25) is 0 Å². The summed E-state index contributed by atoms with van der Waals surface area (Å²) in [6.07, 6.45) is 4.61. The summed E-state index contributed by atoms with van der Waals surface area (Å²) in [4.78, 5) is 12.2. The molecule has 142 valence electrons. The Morgan fingerprint density at radius 2 is 1.64 bits per heavy atom. The molecule has 0 aromatic carbocycles. The number of fused-ring (bicyclic) bond motifs is 5. The maximum absolute atomic E-state index is 12.2. The molecule has 4 rings (SSSR count). The van der Waals surface area contributed by atoms with Crippen LogP contribution in [0.25, 0.3) is 0 Å². The molecule has 25 heavy (non-hydrogen) atoms. The third-order valence-corrected chi connectivity index (χ3v) is 9.07. The van der Waals surface area contributed by atoms with Crippen LogP contribution in [0.4, 0.5) is 0 Å². The van der Waals surface area contributed by atoms with E-state index in [0.717, 1.165) is 32.1 Å². The first-order valence-corrected chi connectivity index (χ1v) is 10.2. The average molecular weight is 350 g/mol. The molecule has 0 radical (unpaired) electrons. The van der Waals surface area contributed by atoms with E-state index in [0.29, 0.717) is 24.7 Å². The van der Waals surface area contributed by atoms with Crippen molar-refractivity contribution in [3.63, 3.8) is 0 Å². The van der Waals surface area contributed by atoms with Gasteiger partial charge >= 0.3 is 0 Å². The van der Waals surface area contributed by atoms with Crippen molar-refractivity contribution >= 4 is 5.78 Å². The fourth-order valence-electron chi connectivity index (χ4n) is 8.08. The number of aliphatic hydroxyl groups is 3. The lowest BCUT2D eigenvalue weighted by Crippen LogP contribution is -2.62. The molecule has 10 atom stereocenters. The van der Waals surface area contributed by atoms with E-state index in [2.05, 4.69) is 13.8 Å². The minimum atomic E-state index is -0.401. The molecule has 0 amide bonds. The number of rotatable bonds is 1. The molecule has 0 saturated heterocycles. The average Bonchev–Trinajstić information content (AvgIpc) is 2.85. The van der Waals surface area contributed by atoms with E-state index < -0.39 is 12.2 Å². The van der Waals surface area contributed by atoms with Gasteiger partial charge in [-0.3, -0.25) is 4.79 Å². The van der Waals surface area contributed by atoms with Crippen molar-refractivity contribution in [1.29, 1.82) is 0 Å². The topological polar surface area (TPSA) is 77.8 Å². The van der Waals surface area contributed by atoms with E-state index >= 15 is 0 Å². The van der Waals surface area contributed by atoms with Crippen LogP contribution in [0.5, 0.6) is 0 Å². The van der Waals surface area contributed by atoms with Crippen LogP contribution < -0.4 is 0 Å². The van der Waals surface area contributed by atoms with E-state index in [9.17, 15) is 20.1 Å². The van der Waals surface area contributed by atoms with Crippen LogP contribution in [0, 0.1) is 40.4 Å². The van der Waals surface area contributed by atoms with Gasteiger partial charge in [0.25, 0.3) is 0 Å². The standard InChI is InChI=1S/C21H34O4/c1-11(22)14-4-5-15-13-9-17(24)16-8-12(23)6-7-20(16,2)19(13)18(25)10-21(14,15)3/h12-19,23-25H,4-10H2,1-3H3/t12-,13-,14+,15-,16?,17+,18+,19+,20-,21+/m0/s1. The minimum Gasteiger partial charge on any atom is -0.393 e. The van der Waals surface area contributed by atoms with Crippen LogP contribution in [-0.2, 0) is 4.79 Å². The molecule has 4 fully saturated rings. The lowest BCUT2D eigenvalue weighted by molar-refractivity contribution is -0.207. The van der Waals surface area contributed by atoms with E-state index in [4.69, 9.17) is 0 Å². The van der Waals surface area contributed by atoms with Crippen LogP contribution in [0.3, 0.4) is 0 Å². The van der Waals surface area contributed by atoms with Gasteiger partial charge in [0.05, 0.1) is 18.3 Å². The summed E-state index contributed by atoms with van der Waals surface area (Å²) in [7, 11) is 0. The van der Waals surface area contributed by atoms with E-state index in [-0.39, 0.29) is 40.5 Å². The summed E-state index contributed by atoms with van der Waals surface area (Å²) in [5.74, 6) is 1.32. The molecule has 3 N–H and O–H groups in total. The van der Waals surface area contributed by atoms with Gasteiger partial charge < -0.3 is 15.3 Å². The second kappa shape index (κ2) is 5.77. The lowest BCUT2D eigenvalue weighted by atomic mass is 9.43. The Labute approximate surface area is 151 Å². The zero-order valence-electron chi connectivity index (χ0n) is 15.8. The van der Waals surface area contributed by atoms with Crippen LogP contribution in [0.1, 0.15) is 65.7 Å². The summed E-state index contributed by atoms with van der Waals surface area (Å²) in [6.45, 7) is 6.15. The Hall–Kier alpha value is -0.450. The monoisotopic (exact) mass is 350 g/mol. The summed E-state index contributed by atoms with van der Waals surface area (Å²) in [5, 5.41) is 32.3. The second-order valence-electron chi connectivity index (χ2n) is 10.2. The van der Waals surface area contributed by atoms with Gasteiger partial charge in [-0.05, 0) is 86.4 Å². The Bertz CT molecular complexity index is 562. The van der Waals surface area contributed by atoms with Crippen molar-refractivity contribution in [2.75, 3.05) is 0 Å². The largest absolute Gasteiger partial charge is 0.393 e. The minimum absolute atomic E-state index is 0.0592. The van der Waals surface area contributed by atoms with Crippen molar-refractivity contribution in [3.05, 3.63) is 0 Å². The number of carbonyl (C=O) groups excluding carboxylic acids is 1. The predicted molar refractivity (Wildman–Crippen MR) is 94.7 cm³/mol. The third kappa shape index (κ3) is 2.40. The number of ketones is 1. The molecular formula is C21H34O4. The van der Waals surface area contributed by atoms with E-state index in [1.165, 1.54) is 0 Å². The van der Waals surface area contributed by atoms with Gasteiger partial charge in [-0.15, -0.1) is 0 Å². The predicted octanol–water partition coefficient (Wildman–Crippen LogP) is 2.54. The molecule has 0 bridgehead atoms. The van der Waals surface area contributed by atoms with Crippen LogP contribution in [0.15, 0.2) is 0 Å². The summed E-state index contributed by atoms with van der Waals surface area (Å²) >= 11 is 0. The summed E-state index contributed by atoms with van der Waals surface area (Å²) < 4.78 is 0. The first-order chi connectivity index (χ1) is 11.7. The van der Waals surface area contributed by atoms with Crippen molar-refractivity contribution in [2.24, 2.45) is 40.4 Å². The SMILES string of the molecule is CC(=O)[C@H]1CC[C@H]2[C@@H]3C[C@@H](O)C4C[C@@H](O)CC[C@]4(C)[C@H]3[C@H](O)C[C@]12C. The Balaban J connectivity index is 1.71. The highest BCUT2D eigenvalue weighted by molar-refractivity contribution is 5.79. The van der Waals surface area contributed by atoms with Gasteiger partial charge in [0.15, 0.2) is 0 Å². The molecule has 4 heteroatoms. The second-order valence-corrected chi connectivity index (χ2v) is 10.2. The number of aliphatic hydroxyl groups excluding tert-OH is 3. The fraction of sp³-hybridized carbons (Fsp3) is 0.952. The summed E-state index contributed by atoms with van der Waals surface area (Å²) in [5.41, 5.74) is -0.222. The Morgan fingerprint density at radius 3 is 2.32 bits per heavy atom. The van der Waals surface area contributed by atoms with Gasteiger partial charge in [0, 0.05) is 5.92 Å². The highest BCUT2D eigenvalue weighted by Gasteiger charge is 2.65. The smallest absolute Gasteiger partial charge is 0.133 e. The van der Waals surface area contributed by atoms with Crippen molar-refractivity contribution in [2.45, 2.75) is 84.0 Å². The summed E-state index contributed by atoms with van der Waals surface area (Å²) in [6, 6.07) is 0. The van der Waals surface area contributed by atoms with E-state index in [1.54, 1.807) is 6.92 Å². The van der Waals surface area contributed by atoms with Crippen molar-refractivity contribution < 1.29 is 20.1 Å². The highest BCUT2D eigenvalue weighted by atomic mass is 16.3. The lowest BCUT2D eigenvalue weighted by Gasteiger charge is -2.63. The Morgan fingerprint density at radius 1 is 0.920 bits per heavy atom. The number of hydrogen-bond acceptors (Lipinski definition) is 4. The highest BCUT2D eigenvalue weighted by Crippen LogP contribution is 2.67. The maximum atomic E-state index is 12.2. The molecule has 0 heterocycles. The van der Waals surface area contributed by atoms with Gasteiger partial charge in [-0.25, -0.2) is 0 Å². The molecule has 4 nitrogen and oxygen atoms in total. The van der Waals surface area contributed by atoms with Crippen LogP contribution in [-0.4, -0.2) is 39.4 Å². The third-order valence-electron chi connectivity index (χ3n) is 9.07. The van der Waals surface area contributed by atoms with Gasteiger partial charge in [0.1, 0.15) is 5.78 Å². The molecule has 0 aliphatic heterocycles. The first-order valence-electron chi connectivity index (χ1n) is 10.2. The van der Waals surface area contributed by atoms with E-state index in [1.807, 2.05) is 0 Å². The number of Topliss-reactive ketones (excluding diaryl/α,β-unsaturated/α-hetero) is 1. The number of carbonyl (C=O) groups is 1. The van der Waals surface area contributed by atoms with Crippen LogP contribution >= 0.6 is 0 Å². The molecule has 0 aromatic heterocycles. The maximum Gasteiger partial charge on any atom is 0.133 e. The Kier molecular flexibility index (Phi) is 4.14. The number of hydrogen-bond donors (Lipinski definition) is 3. The molecule has 0 aromatic rings. The zero-order chi connectivity index (χ0) is 18.1. The normalized spacial score (nSPS) is 58.2. The molecule has 0 spiro atoms. The van der Waals surface area contributed by atoms with Crippen molar-refractivity contribution in [1.82, 2.24) is 0 Å². The zero-order valence-corrected chi connectivity index (χ0v) is 15.8. The van der Waals surface area contributed by atoms with Gasteiger partial charge in [-0.2, -0.15) is 0 Å². The molecule has 4 aliphatic rings. The van der Waals surface area contributed by atoms with Gasteiger partial charge in [-0.1, -0.05) is 13.8 Å². The molecule has 4 saturated carbocycles. The fourth-order valence-corrected chi connectivity index (χ4v) is 8.08.